The van der Waals surface area contributed by atoms with Gasteiger partial charge in [0.1, 0.15) is 23.9 Å². The Morgan fingerprint density at radius 3 is 2.24 bits per heavy atom. The third-order valence-corrected chi connectivity index (χ3v) is 6.53. The Labute approximate surface area is 198 Å². The molecule has 0 atom stereocenters. The fourth-order valence-electron chi connectivity index (χ4n) is 5.03. The van der Waals surface area contributed by atoms with E-state index in [4.69, 9.17) is 14.2 Å². The van der Waals surface area contributed by atoms with Gasteiger partial charge in [0.15, 0.2) is 23.1 Å². The van der Waals surface area contributed by atoms with Crippen LogP contribution in [0.25, 0.3) is 0 Å². The number of ether oxygens (including phenoxy) is 3. The quantitative estimate of drug-likeness (QED) is 0.532. The number of hydrogen-bond donors (Lipinski definition) is 0. The minimum Gasteiger partial charge on any atom is -0.490 e. The van der Waals surface area contributed by atoms with E-state index in [1.807, 2.05) is 19.1 Å². The molecule has 0 bridgehead atoms. The molecule has 0 fully saturated rings. The molecular formula is C28H27FO5. The Kier molecular flexibility index (Phi) is 6.22. The maximum atomic E-state index is 13.5. The van der Waals surface area contributed by atoms with Crippen LogP contribution in [0.1, 0.15) is 62.5 Å². The molecule has 0 amide bonds. The SMILES string of the molecule is CCOc1cc(C2C3=C(CCCC3=O)OC3=C2C(=O)CCC3)ccc1OCc1cccc(F)c1. The van der Waals surface area contributed by atoms with Crippen LogP contribution in [-0.2, 0) is 20.9 Å². The summed E-state index contributed by atoms with van der Waals surface area (Å²) in [4.78, 5) is 26.0. The molecule has 2 aromatic rings. The Morgan fingerprint density at radius 2 is 1.59 bits per heavy atom. The highest BCUT2D eigenvalue weighted by atomic mass is 19.1. The summed E-state index contributed by atoms with van der Waals surface area (Å²) in [6.45, 7) is 2.50. The summed E-state index contributed by atoms with van der Waals surface area (Å²) >= 11 is 0. The normalized spacial score (nSPS) is 18.4. The predicted octanol–water partition coefficient (Wildman–Crippen LogP) is 5.93. The van der Waals surface area contributed by atoms with Crippen molar-refractivity contribution in [3.8, 4) is 11.5 Å². The molecule has 0 aromatic heterocycles. The van der Waals surface area contributed by atoms with Crippen molar-refractivity contribution < 1.29 is 28.2 Å². The van der Waals surface area contributed by atoms with Gasteiger partial charge in [-0.05, 0) is 55.2 Å². The lowest BCUT2D eigenvalue weighted by Gasteiger charge is -2.36. The molecule has 34 heavy (non-hydrogen) atoms. The number of carbonyl (C=O) groups is 2. The summed E-state index contributed by atoms with van der Waals surface area (Å²) in [7, 11) is 0. The molecule has 3 aliphatic rings. The van der Waals surface area contributed by atoms with Gasteiger partial charge in [-0.2, -0.15) is 0 Å². The third-order valence-electron chi connectivity index (χ3n) is 6.53. The van der Waals surface area contributed by atoms with Crippen molar-refractivity contribution in [2.75, 3.05) is 6.61 Å². The monoisotopic (exact) mass is 462 g/mol. The fraction of sp³-hybridized carbons (Fsp3) is 0.357. The lowest BCUT2D eigenvalue weighted by Crippen LogP contribution is -2.30. The summed E-state index contributed by atoms with van der Waals surface area (Å²) in [5.41, 5.74) is 2.74. The summed E-state index contributed by atoms with van der Waals surface area (Å²) in [5.74, 6) is 1.78. The molecule has 0 spiro atoms. The van der Waals surface area contributed by atoms with Crippen LogP contribution in [0.2, 0.25) is 0 Å². The standard InChI is InChI=1S/C28H27FO5/c1-2-32-25-15-18(12-13-22(25)33-16-17-6-3-7-19(29)14-17)26-27-20(30)8-4-10-23(27)34-24-11-5-9-21(31)28(24)26/h3,6-7,12-15,26H,2,4-5,8-11,16H2,1H3. The maximum absolute atomic E-state index is 13.5. The van der Waals surface area contributed by atoms with E-state index in [1.54, 1.807) is 18.2 Å². The smallest absolute Gasteiger partial charge is 0.163 e. The molecule has 0 saturated heterocycles. The first kappa shape index (κ1) is 22.4. The predicted molar refractivity (Wildman–Crippen MR) is 124 cm³/mol. The van der Waals surface area contributed by atoms with Crippen LogP contribution in [0, 0.1) is 5.82 Å². The Balaban J connectivity index is 1.53. The number of benzene rings is 2. The van der Waals surface area contributed by atoms with Crippen LogP contribution in [0.3, 0.4) is 0 Å². The van der Waals surface area contributed by atoms with E-state index in [0.29, 0.717) is 72.0 Å². The van der Waals surface area contributed by atoms with Gasteiger partial charge in [-0.25, -0.2) is 4.39 Å². The van der Waals surface area contributed by atoms with Gasteiger partial charge in [0.05, 0.1) is 6.61 Å². The number of carbonyl (C=O) groups excluding carboxylic acids is 2. The fourth-order valence-corrected chi connectivity index (χ4v) is 5.03. The minimum absolute atomic E-state index is 0.0422. The molecule has 0 N–H and O–H groups in total. The van der Waals surface area contributed by atoms with Crippen LogP contribution < -0.4 is 9.47 Å². The van der Waals surface area contributed by atoms with E-state index >= 15 is 0 Å². The third kappa shape index (κ3) is 4.25. The number of hydrogen-bond acceptors (Lipinski definition) is 5. The largest absolute Gasteiger partial charge is 0.490 e. The number of ketones is 2. The second kappa shape index (κ2) is 9.45. The van der Waals surface area contributed by atoms with E-state index in [1.165, 1.54) is 12.1 Å². The van der Waals surface area contributed by atoms with Crippen LogP contribution >= 0.6 is 0 Å². The highest BCUT2D eigenvalue weighted by Crippen LogP contribution is 2.48. The summed E-state index contributed by atoms with van der Waals surface area (Å²) in [5, 5.41) is 0. The number of halogens is 1. The van der Waals surface area contributed by atoms with Crippen molar-refractivity contribution in [3.05, 3.63) is 82.1 Å². The molecule has 2 aromatic carbocycles. The summed E-state index contributed by atoms with van der Waals surface area (Å²) < 4.78 is 31.5. The number of allylic oxidation sites excluding steroid dienone is 4. The first-order chi connectivity index (χ1) is 16.5. The highest BCUT2D eigenvalue weighted by Gasteiger charge is 2.41. The molecule has 6 heteroatoms. The zero-order chi connectivity index (χ0) is 23.7. The molecular weight excluding hydrogens is 435 g/mol. The van der Waals surface area contributed by atoms with Crippen LogP contribution in [0.5, 0.6) is 11.5 Å². The van der Waals surface area contributed by atoms with E-state index in [9.17, 15) is 14.0 Å². The molecule has 176 valence electrons. The highest BCUT2D eigenvalue weighted by molar-refractivity contribution is 6.05. The van der Waals surface area contributed by atoms with Gasteiger partial charge in [0, 0.05) is 42.7 Å². The Hall–Kier alpha value is -3.41. The lowest BCUT2D eigenvalue weighted by atomic mass is 9.73. The van der Waals surface area contributed by atoms with Crippen LogP contribution in [-0.4, -0.2) is 18.2 Å². The van der Waals surface area contributed by atoms with Gasteiger partial charge in [0.2, 0.25) is 0 Å². The lowest BCUT2D eigenvalue weighted by molar-refractivity contribution is -0.117. The van der Waals surface area contributed by atoms with Crippen molar-refractivity contribution >= 4 is 11.6 Å². The molecule has 0 saturated carbocycles. The second-order valence-electron chi connectivity index (χ2n) is 8.82. The molecule has 1 heterocycles. The second-order valence-corrected chi connectivity index (χ2v) is 8.82. The van der Waals surface area contributed by atoms with Gasteiger partial charge in [-0.3, -0.25) is 9.59 Å². The van der Waals surface area contributed by atoms with Crippen molar-refractivity contribution in [3.63, 3.8) is 0 Å². The van der Waals surface area contributed by atoms with E-state index in [2.05, 4.69) is 0 Å². The van der Waals surface area contributed by atoms with Crippen LogP contribution in [0.4, 0.5) is 4.39 Å². The van der Waals surface area contributed by atoms with Crippen molar-refractivity contribution in [2.45, 2.75) is 58.0 Å². The Morgan fingerprint density at radius 1 is 0.882 bits per heavy atom. The van der Waals surface area contributed by atoms with Crippen molar-refractivity contribution in [1.29, 1.82) is 0 Å². The molecule has 5 nitrogen and oxygen atoms in total. The molecule has 0 radical (unpaired) electrons. The molecule has 1 aliphatic heterocycles. The Bertz CT molecular complexity index is 1170. The van der Waals surface area contributed by atoms with Crippen LogP contribution in [0.15, 0.2) is 65.1 Å². The molecule has 2 aliphatic carbocycles. The van der Waals surface area contributed by atoms with Crippen molar-refractivity contribution in [2.24, 2.45) is 0 Å². The first-order valence-electron chi connectivity index (χ1n) is 11.9. The number of rotatable bonds is 6. The first-order valence-corrected chi connectivity index (χ1v) is 11.9. The summed E-state index contributed by atoms with van der Waals surface area (Å²) in [6, 6.07) is 11.8. The van der Waals surface area contributed by atoms with Gasteiger partial charge in [0.25, 0.3) is 0 Å². The van der Waals surface area contributed by atoms with E-state index in [-0.39, 0.29) is 24.0 Å². The van der Waals surface area contributed by atoms with Gasteiger partial charge >= 0.3 is 0 Å². The summed E-state index contributed by atoms with van der Waals surface area (Å²) in [6.07, 6.45) is 3.85. The van der Waals surface area contributed by atoms with Crippen molar-refractivity contribution in [1.82, 2.24) is 0 Å². The zero-order valence-electron chi connectivity index (χ0n) is 19.2. The average molecular weight is 463 g/mol. The van der Waals surface area contributed by atoms with E-state index in [0.717, 1.165) is 18.4 Å². The topological polar surface area (TPSA) is 61.8 Å². The average Bonchev–Trinajstić information content (AvgIpc) is 2.83. The van der Waals surface area contributed by atoms with Gasteiger partial charge in [-0.1, -0.05) is 18.2 Å². The van der Waals surface area contributed by atoms with Gasteiger partial charge < -0.3 is 14.2 Å². The van der Waals surface area contributed by atoms with E-state index < -0.39 is 5.92 Å². The van der Waals surface area contributed by atoms with Gasteiger partial charge in [-0.15, -0.1) is 0 Å². The maximum Gasteiger partial charge on any atom is 0.163 e. The molecule has 5 rings (SSSR count). The minimum atomic E-state index is -0.448. The zero-order valence-corrected chi connectivity index (χ0v) is 19.2. The molecule has 0 unspecified atom stereocenters. The number of Topliss-reactive ketones (excluding diaryl/α,β-unsaturated/α-hetero) is 2.